The summed E-state index contributed by atoms with van der Waals surface area (Å²) in [6.07, 6.45) is 2.11. The molecule has 5 nitrogen and oxygen atoms in total. The van der Waals surface area contributed by atoms with Gasteiger partial charge in [0.05, 0.1) is 12.1 Å². The van der Waals surface area contributed by atoms with Gasteiger partial charge in [-0.15, -0.1) is 11.3 Å². The van der Waals surface area contributed by atoms with Crippen molar-refractivity contribution in [2.75, 3.05) is 24.3 Å². The molecule has 1 amide bonds. The van der Waals surface area contributed by atoms with E-state index < -0.39 is 0 Å². The number of nitrogens with zero attached hydrogens (tertiary/aromatic N) is 3. The van der Waals surface area contributed by atoms with Gasteiger partial charge in [0.25, 0.3) is 0 Å². The van der Waals surface area contributed by atoms with Crippen molar-refractivity contribution in [3.05, 3.63) is 59.1 Å². The van der Waals surface area contributed by atoms with E-state index in [1.165, 1.54) is 11.3 Å². The lowest BCUT2D eigenvalue weighted by molar-refractivity contribution is -0.115. The number of thiazole rings is 1. The van der Waals surface area contributed by atoms with Gasteiger partial charge in [0.2, 0.25) is 5.91 Å². The summed E-state index contributed by atoms with van der Waals surface area (Å²) in [5.41, 5.74) is 3.96. The molecule has 0 unspecified atom stereocenters. The zero-order chi connectivity index (χ0) is 17.8. The fourth-order valence-electron chi connectivity index (χ4n) is 2.46. The standard InChI is InChI=1S/C19H20N4OS/c1-13-5-4-6-14(9-13)10-18(24)22-19-21-16(12-25-19)15-7-8-20-17(11-15)23(2)3/h4-9,11-12H,10H2,1-3H3,(H,21,22,24). The van der Waals surface area contributed by atoms with E-state index in [4.69, 9.17) is 0 Å². The molecule has 0 aliphatic rings. The third kappa shape index (κ3) is 4.42. The third-order valence-electron chi connectivity index (χ3n) is 3.70. The Labute approximate surface area is 151 Å². The molecule has 6 heteroatoms. The summed E-state index contributed by atoms with van der Waals surface area (Å²) in [6.45, 7) is 2.02. The Hall–Kier alpha value is -2.73. The van der Waals surface area contributed by atoms with Crippen LogP contribution in [0.4, 0.5) is 10.9 Å². The molecule has 0 saturated heterocycles. The molecule has 2 heterocycles. The number of nitrogens with one attached hydrogen (secondary N) is 1. The van der Waals surface area contributed by atoms with E-state index >= 15 is 0 Å². The van der Waals surface area contributed by atoms with Gasteiger partial charge in [-0.2, -0.15) is 0 Å². The first-order valence-electron chi connectivity index (χ1n) is 7.96. The maximum atomic E-state index is 12.2. The lowest BCUT2D eigenvalue weighted by Crippen LogP contribution is -2.14. The fraction of sp³-hybridized carbons (Fsp3) is 0.211. The molecular weight excluding hydrogens is 332 g/mol. The van der Waals surface area contributed by atoms with Crippen LogP contribution in [0.25, 0.3) is 11.3 Å². The topological polar surface area (TPSA) is 58.1 Å². The second-order valence-electron chi connectivity index (χ2n) is 6.05. The Kier molecular flexibility index (Phi) is 5.09. The van der Waals surface area contributed by atoms with E-state index in [2.05, 4.69) is 15.3 Å². The van der Waals surface area contributed by atoms with Crippen LogP contribution >= 0.6 is 11.3 Å². The Morgan fingerprint density at radius 1 is 1.24 bits per heavy atom. The van der Waals surface area contributed by atoms with Crippen molar-refractivity contribution in [1.82, 2.24) is 9.97 Å². The highest BCUT2D eigenvalue weighted by atomic mass is 32.1. The van der Waals surface area contributed by atoms with Gasteiger partial charge in [0.1, 0.15) is 5.82 Å². The van der Waals surface area contributed by atoms with E-state index in [0.29, 0.717) is 11.6 Å². The van der Waals surface area contributed by atoms with Crippen molar-refractivity contribution in [1.29, 1.82) is 0 Å². The van der Waals surface area contributed by atoms with Gasteiger partial charge in [0, 0.05) is 31.2 Å². The molecule has 128 valence electrons. The molecule has 1 N–H and O–H groups in total. The van der Waals surface area contributed by atoms with Crippen molar-refractivity contribution in [3.63, 3.8) is 0 Å². The summed E-state index contributed by atoms with van der Waals surface area (Å²) in [7, 11) is 3.90. The van der Waals surface area contributed by atoms with Crippen LogP contribution in [0.2, 0.25) is 0 Å². The second kappa shape index (κ2) is 7.44. The SMILES string of the molecule is Cc1cccc(CC(=O)Nc2nc(-c3ccnc(N(C)C)c3)cs2)c1. The van der Waals surface area contributed by atoms with Crippen molar-refractivity contribution >= 4 is 28.2 Å². The van der Waals surface area contributed by atoms with Crippen LogP contribution < -0.4 is 10.2 Å². The van der Waals surface area contributed by atoms with E-state index in [9.17, 15) is 4.79 Å². The number of pyridine rings is 1. The van der Waals surface area contributed by atoms with Gasteiger partial charge in [-0.3, -0.25) is 4.79 Å². The van der Waals surface area contributed by atoms with Gasteiger partial charge in [0.15, 0.2) is 5.13 Å². The lowest BCUT2D eigenvalue weighted by Gasteiger charge is -2.11. The monoisotopic (exact) mass is 352 g/mol. The molecule has 0 aliphatic heterocycles. The summed E-state index contributed by atoms with van der Waals surface area (Å²) in [5, 5.41) is 5.43. The Bertz CT molecular complexity index is 888. The van der Waals surface area contributed by atoms with Crippen LogP contribution in [-0.4, -0.2) is 30.0 Å². The number of hydrogen-bond acceptors (Lipinski definition) is 5. The van der Waals surface area contributed by atoms with Crippen LogP contribution in [0, 0.1) is 6.92 Å². The van der Waals surface area contributed by atoms with Crippen molar-refractivity contribution in [2.24, 2.45) is 0 Å². The number of benzene rings is 1. The number of rotatable bonds is 5. The number of anilines is 2. The normalized spacial score (nSPS) is 10.5. The molecular formula is C19H20N4OS. The second-order valence-corrected chi connectivity index (χ2v) is 6.91. The highest BCUT2D eigenvalue weighted by molar-refractivity contribution is 7.14. The largest absolute Gasteiger partial charge is 0.363 e. The van der Waals surface area contributed by atoms with Crippen LogP contribution in [0.1, 0.15) is 11.1 Å². The molecule has 0 saturated carbocycles. The number of carbonyl (C=O) groups excluding carboxylic acids is 1. The highest BCUT2D eigenvalue weighted by Crippen LogP contribution is 2.26. The molecule has 25 heavy (non-hydrogen) atoms. The predicted molar refractivity (Wildman–Crippen MR) is 103 cm³/mol. The van der Waals surface area contributed by atoms with Crippen LogP contribution in [0.15, 0.2) is 48.0 Å². The third-order valence-corrected chi connectivity index (χ3v) is 4.45. The number of aryl methyl sites for hydroxylation is 1. The molecule has 3 rings (SSSR count). The molecule has 0 radical (unpaired) electrons. The van der Waals surface area contributed by atoms with Gasteiger partial charge in [-0.05, 0) is 24.6 Å². The fourth-order valence-corrected chi connectivity index (χ4v) is 3.19. The van der Waals surface area contributed by atoms with E-state index in [0.717, 1.165) is 28.2 Å². The molecule has 0 atom stereocenters. The number of hydrogen-bond donors (Lipinski definition) is 1. The number of amides is 1. The maximum Gasteiger partial charge on any atom is 0.230 e. The Morgan fingerprint density at radius 2 is 2.08 bits per heavy atom. The quantitative estimate of drug-likeness (QED) is 0.759. The lowest BCUT2D eigenvalue weighted by atomic mass is 10.1. The van der Waals surface area contributed by atoms with Crippen LogP contribution in [-0.2, 0) is 11.2 Å². The molecule has 3 aromatic rings. The summed E-state index contributed by atoms with van der Waals surface area (Å²) < 4.78 is 0. The van der Waals surface area contributed by atoms with Gasteiger partial charge in [-0.25, -0.2) is 9.97 Å². The zero-order valence-electron chi connectivity index (χ0n) is 14.5. The minimum absolute atomic E-state index is 0.0600. The summed E-state index contributed by atoms with van der Waals surface area (Å²) in [5.74, 6) is 0.811. The molecule has 0 bridgehead atoms. The number of carbonyl (C=O) groups is 1. The number of aromatic nitrogens is 2. The summed E-state index contributed by atoms with van der Waals surface area (Å²) in [4.78, 5) is 23.0. The molecule has 2 aromatic heterocycles. The average Bonchev–Trinajstić information content (AvgIpc) is 3.03. The Balaban J connectivity index is 1.69. The highest BCUT2D eigenvalue weighted by Gasteiger charge is 2.10. The van der Waals surface area contributed by atoms with Gasteiger partial charge >= 0.3 is 0 Å². The van der Waals surface area contributed by atoms with Crippen LogP contribution in [0.3, 0.4) is 0 Å². The molecule has 0 aliphatic carbocycles. The van der Waals surface area contributed by atoms with E-state index in [-0.39, 0.29) is 5.91 Å². The van der Waals surface area contributed by atoms with E-state index in [1.807, 2.05) is 67.7 Å². The van der Waals surface area contributed by atoms with E-state index in [1.54, 1.807) is 6.20 Å². The zero-order valence-corrected chi connectivity index (χ0v) is 15.3. The minimum Gasteiger partial charge on any atom is -0.363 e. The van der Waals surface area contributed by atoms with Gasteiger partial charge in [-0.1, -0.05) is 29.8 Å². The predicted octanol–water partition coefficient (Wildman–Crippen LogP) is 3.76. The first-order chi connectivity index (χ1) is 12.0. The summed E-state index contributed by atoms with van der Waals surface area (Å²) in [6, 6.07) is 11.9. The average molecular weight is 352 g/mol. The summed E-state index contributed by atoms with van der Waals surface area (Å²) >= 11 is 1.42. The van der Waals surface area contributed by atoms with Gasteiger partial charge < -0.3 is 10.2 Å². The minimum atomic E-state index is -0.0600. The molecule has 0 spiro atoms. The van der Waals surface area contributed by atoms with Crippen LogP contribution in [0.5, 0.6) is 0 Å². The van der Waals surface area contributed by atoms with Crippen molar-refractivity contribution in [3.8, 4) is 11.3 Å². The van der Waals surface area contributed by atoms with Crippen molar-refractivity contribution < 1.29 is 4.79 Å². The first kappa shape index (κ1) is 17.1. The molecule has 0 fully saturated rings. The maximum absolute atomic E-state index is 12.2. The first-order valence-corrected chi connectivity index (χ1v) is 8.84. The smallest absolute Gasteiger partial charge is 0.230 e. The Morgan fingerprint density at radius 3 is 2.84 bits per heavy atom. The van der Waals surface area contributed by atoms with Crippen molar-refractivity contribution in [2.45, 2.75) is 13.3 Å². The molecule has 1 aromatic carbocycles.